The van der Waals surface area contributed by atoms with Crippen molar-refractivity contribution in [2.24, 2.45) is 0 Å². The molecule has 0 aliphatic heterocycles. The molecule has 0 aliphatic carbocycles. The molecular weight excluding hydrogens is 250 g/mol. The number of hydrogen-bond donors (Lipinski definition) is 1. The predicted octanol–water partition coefficient (Wildman–Crippen LogP) is 3.24. The highest BCUT2D eigenvalue weighted by Crippen LogP contribution is 2.25. The van der Waals surface area contributed by atoms with Crippen molar-refractivity contribution >= 4 is 5.69 Å². The first-order valence-electron chi connectivity index (χ1n) is 7.10. The third kappa shape index (κ3) is 2.95. The Bertz CT molecular complexity index is 602. The van der Waals surface area contributed by atoms with Gasteiger partial charge in [-0.15, -0.1) is 0 Å². The first-order valence-corrected chi connectivity index (χ1v) is 7.10. The lowest BCUT2D eigenvalue weighted by Crippen LogP contribution is -2.07. The average molecular weight is 273 g/mol. The molecule has 0 spiro atoms. The lowest BCUT2D eigenvalue weighted by atomic mass is 10.1. The van der Waals surface area contributed by atoms with E-state index in [0.29, 0.717) is 6.61 Å². The fraction of sp³-hybridized carbons (Fsp3) is 0.438. The van der Waals surface area contributed by atoms with Gasteiger partial charge >= 0.3 is 0 Å². The monoisotopic (exact) mass is 273 g/mol. The molecule has 1 heterocycles. The van der Waals surface area contributed by atoms with E-state index in [2.05, 4.69) is 25.0 Å². The van der Waals surface area contributed by atoms with Gasteiger partial charge in [0.15, 0.2) is 0 Å². The van der Waals surface area contributed by atoms with E-state index >= 15 is 0 Å². The highest BCUT2D eigenvalue weighted by Gasteiger charge is 2.08. The van der Waals surface area contributed by atoms with Crippen molar-refractivity contribution in [3.63, 3.8) is 0 Å². The van der Waals surface area contributed by atoms with Crippen molar-refractivity contribution in [2.75, 3.05) is 5.73 Å². The van der Waals surface area contributed by atoms with Crippen LogP contribution < -0.4 is 10.5 Å². The topological polar surface area (TPSA) is 53.1 Å². The molecule has 0 unspecified atom stereocenters. The molecule has 0 saturated carbocycles. The minimum atomic E-state index is 0.533. The SMILES string of the molecule is CCc1cc(COc2cc(C)c(N)cc2C)n(CC)n1. The van der Waals surface area contributed by atoms with Gasteiger partial charge in [0, 0.05) is 12.2 Å². The highest BCUT2D eigenvalue weighted by atomic mass is 16.5. The van der Waals surface area contributed by atoms with E-state index in [9.17, 15) is 0 Å². The van der Waals surface area contributed by atoms with Crippen LogP contribution in [0.5, 0.6) is 5.75 Å². The Morgan fingerprint density at radius 3 is 2.55 bits per heavy atom. The summed E-state index contributed by atoms with van der Waals surface area (Å²) < 4.78 is 7.94. The number of nitrogens with two attached hydrogens (primary N) is 1. The standard InChI is InChI=1S/C16H23N3O/c1-5-13-9-14(19(6-2)18-13)10-20-16-8-11(3)15(17)7-12(16)4/h7-9H,5-6,10,17H2,1-4H3. The summed E-state index contributed by atoms with van der Waals surface area (Å²) in [6, 6.07) is 6.07. The van der Waals surface area contributed by atoms with Gasteiger partial charge in [0.25, 0.3) is 0 Å². The molecule has 2 rings (SSSR count). The van der Waals surface area contributed by atoms with E-state index in [-0.39, 0.29) is 0 Å². The molecular formula is C16H23N3O. The first kappa shape index (κ1) is 14.4. The molecule has 0 radical (unpaired) electrons. The summed E-state index contributed by atoms with van der Waals surface area (Å²) in [6.45, 7) is 9.60. The molecule has 4 heteroatoms. The summed E-state index contributed by atoms with van der Waals surface area (Å²) in [7, 11) is 0. The third-order valence-corrected chi connectivity index (χ3v) is 3.51. The molecule has 1 aromatic heterocycles. The van der Waals surface area contributed by atoms with Gasteiger partial charge in [0.1, 0.15) is 12.4 Å². The average Bonchev–Trinajstić information content (AvgIpc) is 2.84. The van der Waals surface area contributed by atoms with Crippen molar-refractivity contribution in [1.29, 1.82) is 0 Å². The summed E-state index contributed by atoms with van der Waals surface area (Å²) >= 11 is 0. The largest absolute Gasteiger partial charge is 0.487 e. The molecule has 2 aromatic rings. The summed E-state index contributed by atoms with van der Waals surface area (Å²) in [5.74, 6) is 0.888. The molecule has 0 aliphatic rings. The first-order chi connectivity index (χ1) is 9.55. The summed E-state index contributed by atoms with van der Waals surface area (Å²) in [5, 5.41) is 4.53. The number of aromatic nitrogens is 2. The van der Waals surface area contributed by atoms with E-state index in [4.69, 9.17) is 10.5 Å². The Kier molecular flexibility index (Phi) is 4.32. The molecule has 1 aromatic carbocycles. The van der Waals surface area contributed by atoms with Crippen molar-refractivity contribution in [3.8, 4) is 5.75 Å². The Balaban J connectivity index is 2.16. The Hall–Kier alpha value is -1.97. The summed E-state index contributed by atoms with van der Waals surface area (Å²) in [5.41, 5.74) is 11.0. The fourth-order valence-electron chi connectivity index (χ4n) is 2.20. The van der Waals surface area contributed by atoms with Crippen LogP contribution in [-0.2, 0) is 19.6 Å². The van der Waals surface area contributed by atoms with Gasteiger partial charge in [-0.05, 0) is 56.5 Å². The van der Waals surface area contributed by atoms with E-state index in [1.54, 1.807) is 0 Å². The van der Waals surface area contributed by atoms with Gasteiger partial charge in [-0.2, -0.15) is 5.10 Å². The fourth-order valence-corrected chi connectivity index (χ4v) is 2.20. The molecule has 2 N–H and O–H groups in total. The number of benzene rings is 1. The van der Waals surface area contributed by atoms with Gasteiger partial charge in [-0.25, -0.2) is 0 Å². The van der Waals surface area contributed by atoms with Crippen LogP contribution in [0.1, 0.15) is 36.4 Å². The number of rotatable bonds is 5. The molecule has 0 amide bonds. The van der Waals surface area contributed by atoms with Gasteiger partial charge in [0.05, 0.1) is 11.4 Å². The normalized spacial score (nSPS) is 10.8. The molecule has 0 bridgehead atoms. The van der Waals surface area contributed by atoms with Crippen LogP contribution in [0.25, 0.3) is 0 Å². The Morgan fingerprint density at radius 1 is 1.15 bits per heavy atom. The van der Waals surface area contributed by atoms with Crippen molar-refractivity contribution in [2.45, 2.75) is 47.3 Å². The zero-order chi connectivity index (χ0) is 14.7. The maximum atomic E-state index is 5.94. The lowest BCUT2D eigenvalue weighted by Gasteiger charge is -2.12. The van der Waals surface area contributed by atoms with Gasteiger partial charge in [-0.3, -0.25) is 4.68 Å². The Labute approximate surface area is 120 Å². The minimum absolute atomic E-state index is 0.533. The molecule has 20 heavy (non-hydrogen) atoms. The van der Waals surface area contributed by atoms with E-state index in [1.807, 2.05) is 30.7 Å². The van der Waals surface area contributed by atoms with Gasteiger partial charge in [0.2, 0.25) is 0 Å². The quantitative estimate of drug-likeness (QED) is 0.851. The number of anilines is 1. The van der Waals surface area contributed by atoms with Crippen LogP contribution in [0.3, 0.4) is 0 Å². The maximum Gasteiger partial charge on any atom is 0.130 e. The van der Waals surface area contributed by atoms with E-state index < -0.39 is 0 Å². The number of ether oxygens (including phenoxy) is 1. The zero-order valence-corrected chi connectivity index (χ0v) is 12.7. The second-order valence-electron chi connectivity index (χ2n) is 5.06. The summed E-state index contributed by atoms with van der Waals surface area (Å²) in [4.78, 5) is 0. The highest BCUT2D eigenvalue weighted by molar-refractivity contribution is 5.53. The van der Waals surface area contributed by atoms with E-state index in [0.717, 1.165) is 46.9 Å². The van der Waals surface area contributed by atoms with Crippen molar-refractivity contribution < 1.29 is 4.74 Å². The number of nitrogens with zero attached hydrogens (tertiary/aromatic N) is 2. The maximum absolute atomic E-state index is 5.94. The van der Waals surface area contributed by atoms with Crippen molar-refractivity contribution in [1.82, 2.24) is 9.78 Å². The molecule has 0 atom stereocenters. The van der Waals surface area contributed by atoms with Crippen LogP contribution in [0, 0.1) is 13.8 Å². The van der Waals surface area contributed by atoms with Crippen molar-refractivity contribution in [3.05, 3.63) is 40.7 Å². The minimum Gasteiger partial charge on any atom is -0.487 e. The lowest BCUT2D eigenvalue weighted by molar-refractivity contribution is 0.290. The van der Waals surface area contributed by atoms with Gasteiger partial charge < -0.3 is 10.5 Å². The number of aryl methyl sites for hydroxylation is 4. The van der Waals surface area contributed by atoms with Crippen LogP contribution in [0.2, 0.25) is 0 Å². The van der Waals surface area contributed by atoms with Crippen LogP contribution >= 0.6 is 0 Å². The van der Waals surface area contributed by atoms with Crippen LogP contribution in [0.15, 0.2) is 18.2 Å². The molecule has 108 valence electrons. The molecule has 4 nitrogen and oxygen atoms in total. The number of nitrogen functional groups attached to an aromatic ring is 1. The number of hydrogen-bond acceptors (Lipinski definition) is 3. The van der Waals surface area contributed by atoms with Crippen LogP contribution in [0.4, 0.5) is 5.69 Å². The predicted molar refractivity (Wildman–Crippen MR) is 81.9 cm³/mol. The van der Waals surface area contributed by atoms with Crippen LogP contribution in [-0.4, -0.2) is 9.78 Å². The van der Waals surface area contributed by atoms with E-state index in [1.165, 1.54) is 0 Å². The van der Waals surface area contributed by atoms with Gasteiger partial charge in [-0.1, -0.05) is 6.92 Å². The zero-order valence-electron chi connectivity index (χ0n) is 12.7. The second-order valence-corrected chi connectivity index (χ2v) is 5.06. The smallest absolute Gasteiger partial charge is 0.130 e. The molecule has 0 fully saturated rings. The molecule has 0 saturated heterocycles. The summed E-state index contributed by atoms with van der Waals surface area (Å²) in [6.07, 6.45) is 0.944. The third-order valence-electron chi connectivity index (χ3n) is 3.51. The Morgan fingerprint density at radius 2 is 1.90 bits per heavy atom. The second kappa shape index (κ2) is 5.99.